The molecule has 2 aromatic rings. The van der Waals surface area contributed by atoms with E-state index in [1.54, 1.807) is 6.07 Å². The average molecular weight is 258 g/mol. The van der Waals surface area contributed by atoms with Crippen LogP contribution in [0.5, 0.6) is 0 Å². The van der Waals surface area contributed by atoms with Crippen molar-refractivity contribution in [2.45, 2.75) is 6.04 Å². The summed E-state index contributed by atoms with van der Waals surface area (Å²) in [6.07, 6.45) is 0. The molecule has 0 bridgehead atoms. The van der Waals surface area contributed by atoms with Gasteiger partial charge in [0.05, 0.1) is 12.6 Å². The smallest absolute Gasteiger partial charge is 0.269 e. The predicted octanol–water partition coefficient (Wildman–Crippen LogP) is 0.721. The van der Waals surface area contributed by atoms with Crippen LogP contribution < -0.4 is 11.1 Å². The number of amides is 1. The number of aliphatic hydroxyl groups is 1. The van der Waals surface area contributed by atoms with Gasteiger partial charge in [-0.3, -0.25) is 4.79 Å². The van der Waals surface area contributed by atoms with E-state index in [-0.39, 0.29) is 18.3 Å². The van der Waals surface area contributed by atoms with Crippen LogP contribution >= 0.6 is 0 Å². The first-order valence-corrected chi connectivity index (χ1v) is 5.76. The van der Waals surface area contributed by atoms with Crippen molar-refractivity contribution in [3.8, 4) is 0 Å². The number of rotatable bonds is 5. The van der Waals surface area contributed by atoms with Crippen LogP contribution in [0.4, 0.5) is 5.82 Å². The molecule has 0 aliphatic heterocycles. The molecule has 6 nitrogen and oxygen atoms in total. The van der Waals surface area contributed by atoms with E-state index in [9.17, 15) is 9.90 Å². The first-order valence-electron chi connectivity index (χ1n) is 5.76. The minimum absolute atomic E-state index is 0.0801. The number of hydrogen-bond acceptors (Lipinski definition) is 5. The highest BCUT2D eigenvalue weighted by Crippen LogP contribution is 2.17. The first kappa shape index (κ1) is 13.0. The van der Waals surface area contributed by atoms with Crippen LogP contribution in [-0.2, 0) is 0 Å². The van der Waals surface area contributed by atoms with Crippen molar-refractivity contribution in [1.82, 2.24) is 10.2 Å². The van der Waals surface area contributed by atoms with Gasteiger partial charge in [-0.15, -0.1) is 10.2 Å². The second-order valence-corrected chi connectivity index (χ2v) is 3.96. The summed E-state index contributed by atoms with van der Waals surface area (Å²) in [4.78, 5) is 10.9. The van der Waals surface area contributed by atoms with Gasteiger partial charge in [0.25, 0.3) is 5.91 Å². The molecule has 0 radical (unpaired) electrons. The van der Waals surface area contributed by atoms with Crippen LogP contribution in [0, 0.1) is 0 Å². The molecule has 2 rings (SSSR count). The van der Waals surface area contributed by atoms with Crippen molar-refractivity contribution >= 4 is 11.7 Å². The molecule has 0 fully saturated rings. The molecule has 0 saturated carbocycles. The lowest BCUT2D eigenvalue weighted by Gasteiger charge is -2.16. The third-order valence-corrected chi connectivity index (χ3v) is 2.62. The molecule has 1 unspecified atom stereocenters. The number of carbonyl (C=O) groups is 1. The highest BCUT2D eigenvalue weighted by molar-refractivity contribution is 5.90. The van der Waals surface area contributed by atoms with Gasteiger partial charge in [0, 0.05) is 0 Å². The SMILES string of the molecule is NC(=O)c1ccc(NC(CO)c2ccccc2)nn1. The fourth-order valence-electron chi connectivity index (χ4n) is 1.64. The summed E-state index contributed by atoms with van der Waals surface area (Å²) in [6.45, 7) is -0.0801. The summed E-state index contributed by atoms with van der Waals surface area (Å²) in [5.41, 5.74) is 6.12. The van der Waals surface area contributed by atoms with Crippen molar-refractivity contribution in [3.05, 3.63) is 53.7 Å². The van der Waals surface area contributed by atoms with E-state index in [2.05, 4.69) is 15.5 Å². The van der Waals surface area contributed by atoms with Gasteiger partial charge in [-0.2, -0.15) is 0 Å². The van der Waals surface area contributed by atoms with Crippen LogP contribution in [-0.4, -0.2) is 27.8 Å². The molecule has 0 aliphatic carbocycles. The molecule has 0 spiro atoms. The highest BCUT2D eigenvalue weighted by atomic mass is 16.3. The normalized spacial score (nSPS) is 11.8. The molecule has 98 valence electrons. The van der Waals surface area contributed by atoms with Crippen molar-refractivity contribution in [2.24, 2.45) is 5.73 Å². The van der Waals surface area contributed by atoms with E-state index in [0.717, 1.165) is 5.56 Å². The minimum atomic E-state index is -0.624. The van der Waals surface area contributed by atoms with E-state index in [1.807, 2.05) is 30.3 Å². The van der Waals surface area contributed by atoms with Gasteiger partial charge in [-0.25, -0.2) is 0 Å². The van der Waals surface area contributed by atoms with Crippen LogP contribution in [0.3, 0.4) is 0 Å². The Labute approximate surface area is 110 Å². The third-order valence-electron chi connectivity index (χ3n) is 2.62. The Morgan fingerprint density at radius 3 is 2.47 bits per heavy atom. The summed E-state index contributed by atoms with van der Waals surface area (Å²) in [6, 6.07) is 12.3. The lowest BCUT2D eigenvalue weighted by Crippen LogP contribution is -2.17. The maximum atomic E-state index is 10.9. The Hall–Kier alpha value is -2.47. The third kappa shape index (κ3) is 3.26. The maximum absolute atomic E-state index is 10.9. The van der Waals surface area contributed by atoms with Crippen LogP contribution in [0.25, 0.3) is 0 Å². The van der Waals surface area contributed by atoms with Crippen molar-refractivity contribution in [1.29, 1.82) is 0 Å². The fourth-order valence-corrected chi connectivity index (χ4v) is 1.64. The van der Waals surface area contributed by atoms with Gasteiger partial charge in [-0.05, 0) is 17.7 Å². The zero-order chi connectivity index (χ0) is 13.7. The Bertz CT molecular complexity index is 542. The van der Waals surface area contributed by atoms with Gasteiger partial charge in [0.2, 0.25) is 0 Å². The van der Waals surface area contributed by atoms with Gasteiger partial charge in [0.15, 0.2) is 5.69 Å². The summed E-state index contributed by atoms with van der Waals surface area (Å²) >= 11 is 0. The average Bonchev–Trinajstić information content (AvgIpc) is 2.46. The topological polar surface area (TPSA) is 101 Å². The number of carbonyl (C=O) groups excluding carboxylic acids is 1. The quantitative estimate of drug-likeness (QED) is 0.733. The van der Waals surface area contributed by atoms with Gasteiger partial charge in [-0.1, -0.05) is 30.3 Å². The molecule has 6 heteroatoms. The van der Waals surface area contributed by atoms with Crippen molar-refractivity contribution in [2.75, 3.05) is 11.9 Å². The monoisotopic (exact) mass is 258 g/mol. The van der Waals surface area contributed by atoms with E-state index in [1.165, 1.54) is 6.07 Å². The highest BCUT2D eigenvalue weighted by Gasteiger charge is 2.11. The fraction of sp³-hybridized carbons (Fsp3) is 0.154. The molecule has 0 aliphatic rings. The maximum Gasteiger partial charge on any atom is 0.269 e. The number of aromatic nitrogens is 2. The summed E-state index contributed by atoms with van der Waals surface area (Å²) in [5, 5.41) is 20.0. The zero-order valence-corrected chi connectivity index (χ0v) is 10.2. The van der Waals surface area contributed by atoms with E-state index >= 15 is 0 Å². The minimum Gasteiger partial charge on any atom is -0.394 e. The Kier molecular flexibility index (Phi) is 4.04. The molecule has 1 heterocycles. The number of benzene rings is 1. The number of primary amides is 1. The van der Waals surface area contributed by atoms with Gasteiger partial charge < -0.3 is 16.2 Å². The Balaban J connectivity index is 2.12. The summed E-state index contributed by atoms with van der Waals surface area (Å²) in [5.74, 6) is -0.159. The van der Waals surface area contributed by atoms with Crippen LogP contribution in [0.15, 0.2) is 42.5 Å². The first-order chi connectivity index (χ1) is 9.20. The molecule has 1 aromatic carbocycles. The molecule has 4 N–H and O–H groups in total. The molecular weight excluding hydrogens is 244 g/mol. The molecule has 19 heavy (non-hydrogen) atoms. The number of hydrogen-bond donors (Lipinski definition) is 3. The Morgan fingerprint density at radius 1 is 1.21 bits per heavy atom. The second-order valence-electron chi connectivity index (χ2n) is 3.96. The lowest BCUT2D eigenvalue weighted by molar-refractivity contribution is 0.0994. The number of nitrogens with zero attached hydrogens (tertiary/aromatic N) is 2. The van der Waals surface area contributed by atoms with E-state index in [4.69, 9.17) is 5.73 Å². The number of aliphatic hydroxyl groups excluding tert-OH is 1. The predicted molar refractivity (Wildman–Crippen MR) is 70.4 cm³/mol. The largest absolute Gasteiger partial charge is 0.394 e. The Morgan fingerprint density at radius 2 is 1.95 bits per heavy atom. The zero-order valence-electron chi connectivity index (χ0n) is 10.2. The van der Waals surface area contributed by atoms with Gasteiger partial charge in [0.1, 0.15) is 5.82 Å². The van der Waals surface area contributed by atoms with Crippen LogP contribution in [0.2, 0.25) is 0 Å². The van der Waals surface area contributed by atoms with E-state index < -0.39 is 5.91 Å². The molecule has 0 saturated heterocycles. The standard InChI is InChI=1S/C13H14N4O2/c14-13(19)10-6-7-12(17-16-10)15-11(8-18)9-4-2-1-3-5-9/h1-7,11,18H,8H2,(H2,14,19)(H,15,17). The lowest BCUT2D eigenvalue weighted by atomic mass is 10.1. The molecule has 1 amide bonds. The van der Waals surface area contributed by atoms with Gasteiger partial charge >= 0.3 is 0 Å². The molecular formula is C13H14N4O2. The summed E-state index contributed by atoms with van der Waals surface area (Å²) < 4.78 is 0. The van der Waals surface area contributed by atoms with E-state index in [0.29, 0.717) is 5.82 Å². The van der Waals surface area contributed by atoms with Crippen LogP contribution in [0.1, 0.15) is 22.1 Å². The molecule has 1 aromatic heterocycles. The summed E-state index contributed by atoms with van der Waals surface area (Å²) in [7, 11) is 0. The molecule has 1 atom stereocenters. The van der Waals surface area contributed by atoms with Crippen molar-refractivity contribution in [3.63, 3.8) is 0 Å². The number of nitrogens with one attached hydrogen (secondary N) is 1. The second kappa shape index (κ2) is 5.92. The number of anilines is 1. The number of nitrogens with two attached hydrogens (primary N) is 1. The van der Waals surface area contributed by atoms with Crippen molar-refractivity contribution < 1.29 is 9.90 Å².